The molecule has 3 N–H and O–H groups in total. The van der Waals surface area contributed by atoms with Gasteiger partial charge in [0.15, 0.2) is 0 Å². The van der Waals surface area contributed by atoms with Crippen LogP contribution in [-0.4, -0.2) is 38.8 Å². The summed E-state index contributed by atoms with van der Waals surface area (Å²) < 4.78 is 10.6. The first-order valence-electron chi connectivity index (χ1n) is 8.48. The summed E-state index contributed by atoms with van der Waals surface area (Å²) in [6, 6.07) is 7.33. The highest BCUT2D eigenvalue weighted by Gasteiger charge is 2.25. The maximum Gasteiger partial charge on any atom is 0.255 e. The van der Waals surface area contributed by atoms with Crippen LogP contribution in [0, 0.1) is 5.92 Å². The van der Waals surface area contributed by atoms with Gasteiger partial charge in [0.05, 0.1) is 12.2 Å². The maximum absolute atomic E-state index is 12.6. The van der Waals surface area contributed by atoms with E-state index in [1.165, 1.54) is 19.3 Å². The zero-order chi connectivity index (χ0) is 16.5. The Morgan fingerprint density at radius 3 is 2.62 bits per heavy atom. The highest BCUT2D eigenvalue weighted by atomic mass is 35.5. The second-order valence-electron chi connectivity index (χ2n) is 6.05. The lowest BCUT2D eigenvalue weighted by atomic mass is 9.84. The summed E-state index contributed by atoms with van der Waals surface area (Å²) in [5, 5.41) is 3.11. The van der Waals surface area contributed by atoms with Crippen molar-refractivity contribution in [3.8, 4) is 5.75 Å². The first-order valence-corrected chi connectivity index (χ1v) is 8.48. The van der Waals surface area contributed by atoms with Crippen molar-refractivity contribution in [1.82, 2.24) is 5.32 Å². The number of ether oxygens (including phenoxy) is 2. The molecule has 2 rings (SSSR count). The van der Waals surface area contributed by atoms with Gasteiger partial charge in [0.1, 0.15) is 12.4 Å². The standard InChI is InChI=1S/C18H28N2O3.ClH/c1-22-11-12-23-17-10-6-5-9-15(17)18(21)20-16(13-19)14-7-3-2-4-8-14;/h5-6,9-10,14,16H,2-4,7-8,11-13,19H2,1H3,(H,20,21);1H. The lowest BCUT2D eigenvalue weighted by Gasteiger charge is -2.30. The molecule has 1 aliphatic carbocycles. The fourth-order valence-electron chi connectivity index (χ4n) is 3.17. The van der Waals surface area contributed by atoms with Crippen LogP contribution in [0.25, 0.3) is 0 Å². The van der Waals surface area contributed by atoms with Gasteiger partial charge in [0.2, 0.25) is 0 Å². The fourth-order valence-corrected chi connectivity index (χ4v) is 3.17. The van der Waals surface area contributed by atoms with Gasteiger partial charge in [-0.3, -0.25) is 4.79 Å². The average Bonchev–Trinajstić information content (AvgIpc) is 2.61. The molecule has 5 nitrogen and oxygen atoms in total. The first-order chi connectivity index (χ1) is 11.3. The number of hydrogen-bond donors (Lipinski definition) is 2. The van der Waals surface area contributed by atoms with Crippen LogP contribution in [0.2, 0.25) is 0 Å². The summed E-state index contributed by atoms with van der Waals surface area (Å²) in [5.41, 5.74) is 6.46. The Labute approximate surface area is 150 Å². The van der Waals surface area contributed by atoms with Crippen molar-refractivity contribution in [2.45, 2.75) is 38.1 Å². The number of hydrogen-bond acceptors (Lipinski definition) is 4. The molecule has 0 spiro atoms. The Morgan fingerprint density at radius 2 is 1.96 bits per heavy atom. The summed E-state index contributed by atoms with van der Waals surface area (Å²) >= 11 is 0. The molecule has 0 heterocycles. The third kappa shape index (κ3) is 5.96. The predicted octanol–water partition coefficient (Wildman–Crippen LogP) is 2.77. The molecule has 136 valence electrons. The highest BCUT2D eigenvalue weighted by molar-refractivity contribution is 5.97. The van der Waals surface area contributed by atoms with Crippen molar-refractivity contribution in [2.24, 2.45) is 11.7 Å². The normalized spacial score (nSPS) is 16.1. The summed E-state index contributed by atoms with van der Waals surface area (Å²) in [4.78, 5) is 12.6. The Kier molecular flexibility index (Phi) is 9.76. The number of para-hydroxylation sites is 1. The van der Waals surface area contributed by atoms with Crippen LogP contribution in [0.5, 0.6) is 5.75 Å². The van der Waals surface area contributed by atoms with Crippen molar-refractivity contribution in [2.75, 3.05) is 26.9 Å². The number of rotatable bonds is 8. The first kappa shape index (κ1) is 20.7. The fraction of sp³-hybridized carbons (Fsp3) is 0.611. The van der Waals surface area contributed by atoms with Crippen LogP contribution in [-0.2, 0) is 4.74 Å². The largest absolute Gasteiger partial charge is 0.490 e. The molecule has 24 heavy (non-hydrogen) atoms. The third-order valence-electron chi connectivity index (χ3n) is 4.47. The minimum absolute atomic E-state index is 0. The molecule has 0 aromatic heterocycles. The van der Waals surface area contributed by atoms with Gasteiger partial charge >= 0.3 is 0 Å². The molecule has 1 aromatic carbocycles. The van der Waals surface area contributed by atoms with Gasteiger partial charge in [-0.1, -0.05) is 31.4 Å². The Morgan fingerprint density at radius 1 is 1.25 bits per heavy atom. The lowest BCUT2D eigenvalue weighted by Crippen LogP contribution is -2.46. The number of amides is 1. The van der Waals surface area contributed by atoms with E-state index in [9.17, 15) is 4.79 Å². The Hall–Kier alpha value is -1.30. The monoisotopic (exact) mass is 356 g/mol. The molecule has 0 radical (unpaired) electrons. The Balaban J connectivity index is 0.00000288. The zero-order valence-electron chi connectivity index (χ0n) is 14.3. The van der Waals surface area contributed by atoms with E-state index in [1.54, 1.807) is 13.2 Å². The van der Waals surface area contributed by atoms with Gasteiger partial charge in [-0.05, 0) is 30.9 Å². The SMILES string of the molecule is COCCOc1ccccc1C(=O)NC(CN)C1CCCCC1.Cl. The van der Waals surface area contributed by atoms with Crippen molar-refractivity contribution < 1.29 is 14.3 Å². The molecule has 1 unspecified atom stereocenters. The van der Waals surface area contributed by atoms with E-state index in [2.05, 4.69) is 5.32 Å². The molecule has 1 atom stereocenters. The number of methoxy groups -OCH3 is 1. The van der Waals surface area contributed by atoms with E-state index < -0.39 is 0 Å². The molecule has 1 amide bonds. The second-order valence-corrected chi connectivity index (χ2v) is 6.05. The van der Waals surface area contributed by atoms with E-state index in [-0.39, 0.29) is 24.4 Å². The number of halogens is 1. The van der Waals surface area contributed by atoms with E-state index >= 15 is 0 Å². The molecule has 0 bridgehead atoms. The van der Waals surface area contributed by atoms with Crippen LogP contribution < -0.4 is 15.8 Å². The van der Waals surface area contributed by atoms with Crippen LogP contribution in [0.4, 0.5) is 0 Å². The van der Waals surface area contributed by atoms with Gasteiger partial charge in [-0.25, -0.2) is 0 Å². The number of carbonyl (C=O) groups excluding carboxylic acids is 1. The number of nitrogens with one attached hydrogen (secondary N) is 1. The molecule has 6 heteroatoms. The van der Waals surface area contributed by atoms with Crippen LogP contribution >= 0.6 is 12.4 Å². The second kappa shape index (κ2) is 11.3. The minimum atomic E-state index is -0.112. The molecule has 0 aliphatic heterocycles. The summed E-state index contributed by atoms with van der Waals surface area (Å²) in [6.07, 6.45) is 6.04. The van der Waals surface area contributed by atoms with Gasteiger partial charge in [-0.15, -0.1) is 12.4 Å². The quantitative estimate of drug-likeness (QED) is 0.702. The van der Waals surface area contributed by atoms with E-state index in [4.69, 9.17) is 15.2 Å². The molecule has 1 aromatic rings. The van der Waals surface area contributed by atoms with Crippen molar-refractivity contribution in [3.05, 3.63) is 29.8 Å². The molecule has 1 fully saturated rings. The molecule has 1 saturated carbocycles. The van der Waals surface area contributed by atoms with Gasteiger partial charge in [0, 0.05) is 19.7 Å². The number of carbonyl (C=O) groups is 1. The van der Waals surface area contributed by atoms with Gasteiger partial charge in [-0.2, -0.15) is 0 Å². The highest BCUT2D eigenvalue weighted by Crippen LogP contribution is 2.27. The summed E-state index contributed by atoms with van der Waals surface area (Å²) in [6.45, 7) is 1.39. The number of nitrogens with two attached hydrogens (primary N) is 1. The van der Waals surface area contributed by atoms with Gasteiger partial charge in [0.25, 0.3) is 5.91 Å². The minimum Gasteiger partial charge on any atom is -0.490 e. The summed E-state index contributed by atoms with van der Waals surface area (Å²) in [7, 11) is 1.62. The van der Waals surface area contributed by atoms with Gasteiger partial charge < -0.3 is 20.5 Å². The topological polar surface area (TPSA) is 73.6 Å². The van der Waals surface area contributed by atoms with E-state index in [0.717, 1.165) is 12.8 Å². The predicted molar refractivity (Wildman–Crippen MR) is 97.9 cm³/mol. The van der Waals surface area contributed by atoms with Crippen LogP contribution in [0.1, 0.15) is 42.5 Å². The zero-order valence-corrected chi connectivity index (χ0v) is 15.1. The smallest absolute Gasteiger partial charge is 0.255 e. The van der Waals surface area contributed by atoms with Crippen LogP contribution in [0.15, 0.2) is 24.3 Å². The average molecular weight is 357 g/mol. The summed E-state index contributed by atoms with van der Waals surface area (Å²) in [5.74, 6) is 0.958. The van der Waals surface area contributed by atoms with Crippen molar-refractivity contribution in [1.29, 1.82) is 0 Å². The Bertz CT molecular complexity index is 493. The van der Waals surface area contributed by atoms with Crippen molar-refractivity contribution >= 4 is 18.3 Å². The van der Waals surface area contributed by atoms with Crippen molar-refractivity contribution in [3.63, 3.8) is 0 Å². The number of benzene rings is 1. The van der Waals surface area contributed by atoms with Crippen LogP contribution in [0.3, 0.4) is 0 Å². The maximum atomic E-state index is 12.6. The molecule has 1 aliphatic rings. The molecular weight excluding hydrogens is 328 g/mol. The lowest BCUT2D eigenvalue weighted by molar-refractivity contribution is 0.0908. The third-order valence-corrected chi connectivity index (χ3v) is 4.47. The molecule has 0 saturated heterocycles. The molecular formula is C18H29ClN2O3. The van der Waals surface area contributed by atoms with E-state index in [0.29, 0.717) is 37.0 Å². The van der Waals surface area contributed by atoms with E-state index in [1.807, 2.05) is 18.2 Å².